The van der Waals surface area contributed by atoms with Gasteiger partial charge in [-0.05, 0) is 23.7 Å². The van der Waals surface area contributed by atoms with E-state index < -0.39 is 0 Å². The number of rotatable bonds is 1. The van der Waals surface area contributed by atoms with E-state index >= 15 is 0 Å². The zero-order valence-electron chi connectivity index (χ0n) is 10.7. The number of pyridine rings is 1. The van der Waals surface area contributed by atoms with E-state index in [1.807, 2.05) is 17.0 Å². The minimum Gasteiger partial charge on any atom is -0.479 e. The van der Waals surface area contributed by atoms with Crippen LogP contribution < -0.4 is 0 Å². The van der Waals surface area contributed by atoms with Crippen molar-refractivity contribution in [2.24, 2.45) is 0 Å². The number of benzene rings is 1. The second kappa shape index (κ2) is 5.03. The molecule has 0 N–H and O–H groups in total. The summed E-state index contributed by atoms with van der Waals surface area (Å²) in [6, 6.07) is 8.52. The van der Waals surface area contributed by atoms with E-state index in [1.165, 1.54) is 21.9 Å². The van der Waals surface area contributed by atoms with Crippen LogP contribution in [0.5, 0.6) is 0 Å². The summed E-state index contributed by atoms with van der Waals surface area (Å²) in [5, 5.41) is 2.50. The Hall–Kier alpha value is -0.856. The van der Waals surface area contributed by atoms with Crippen LogP contribution in [0.3, 0.4) is 0 Å². The summed E-state index contributed by atoms with van der Waals surface area (Å²) >= 11 is 0. The van der Waals surface area contributed by atoms with Gasteiger partial charge >= 0.3 is 0 Å². The molecule has 2 nitrogen and oxygen atoms in total. The fraction of sp³-hybridized carbons (Fsp3) is 0.200. The second-order valence-electron chi connectivity index (χ2n) is 4.72. The van der Waals surface area contributed by atoms with Crippen LogP contribution in [0.2, 0.25) is 0 Å². The summed E-state index contributed by atoms with van der Waals surface area (Å²) in [6.07, 6.45) is 3.72. The van der Waals surface area contributed by atoms with Crippen molar-refractivity contribution in [3.05, 3.63) is 49.3 Å². The zero-order chi connectivity index (χ0) is 12.0. The second-order valence-corrected chi connectivity index (χ2v) is 4.72. The molecule has 3 aromatic rings. The molecule has 0 aliphatic carbocycles. The predicted octanol–water partition coefficient (Wildman–Crippen LogP) is 3.95. The summed E-state index contributed by atoms with van der Waals surface area (Å²) in [5.74, 6) is 0.497. The average molecular weight is 312 g/mol. The smallest absolute Gasteiger partial charge is 0.0251 e. The Kier molecular flexibility index (Phi) is 3.79. The number of hydrogen-bond acceptors (Lipinski definition) is 1. The van der Waals surface area contributed by atoms with Gasteiger partial charge in [-0.25, -0.2) is 0 Å². The third kappa shape index (κ3) is 1.88. The van der Waals surface area contributed by atoms with Crippen molar-refractivity contribution in [3.8, 4) is 0 Å². The number of fused-ring (bicyclic) bond motifs is 3. The number of nitrogens with zero attached hydrogens (tertiary/aromatic N) is 2. The summed E-state index contributed by atoms with van der Waals surface area (Å²) < 4.78 is 2.01. The summed E-state index contributed by atoms with van der Waals surface area (Å²) in [6.45, 7) is 4.43. The molecule has 0 fully saturated rings. The molecule has 0 unspecified atom stereocenters. The van der Waals surface area contributed by atoms with Crippen molar-refractivity contribution in [1.82, 2.24) is 9.55 Å². The molecule has 3 heteroatoms. The van der Waals surface area contributed by atoms with Crippen LogP contribution in [0.4, 0.5) is 0 Å². The Labute approximate surface area is 132 Å². The molecular weight excluding hydrogens is 297 g/mol. The van der Waals surface area contributed by atoms with Crippen LogP contribution in [0.1, 0.15) is 25.3 Å². The molecule has 1 aromatic carbocycles. The van der Waals surface area contributed by atoms with Crippen LogP contribution in [-0.2, 0) is 32.7 Å². The molecule has 0 aliphatic rings. The fourth-order valence-electron chi connectivity index (χ4n) is 2.50. The Morgan fingerprint density at radius 2 is 1.94 bits per heavy atom. The van der Waals surface area contributed by atoms with Gasteiger partial charge in [-0.15, -0.1) is 7.05 Å². The van der Waals surface area contributed by atoms with E-state index in [0.717, 1.165) is 5.52 Å². The van der Waals surface area contributed by atoms with Crippen LogP contribution in [0, 0.1) is 7.05 Å². The van der Waals surface area contributed by atoms with Gasteiger partial charge in [0.25, 0.3) is 0 Å². The minimum absolute atomic E-state index is 0. The van der Waals surface area contributed by atoms with Gasteiger partial charge in [0.2, 0.25) is 0 Å². The van der Waals surface area contributed by atoms with Crippen LogP contribution >= 0.6 is 0 Å². The number of aromatic nitrogens is 2. The van der Waals surface area contributed by atoms with Crippen molar-refractivity contribution in [3.63, 3.8) is 0 Å². The molecule has 3 rings (SSSR count). The number of hydrogen-bond donors (Lipinski definition) is 0. The van der Waals surface area contributed by atoms with E-state index in [4.69, 9.17) is 0 Å². The third-order valence-electron chi connectivity index (χ3n) is 3.34. The molecule has 0 spiro atoms. The summed E-state index contributed by atoms with van der Waals surface area (Å²) in [5.41, 5.74) is 3.66. The van der Waals surface area contributed by atoms with Crippen molar-refractivity contribution in [2.45, 2.75) is 19.8 Å². The molecule has 1 radical (unpaired) electrons. The standard InChI is InChI=1S/C15H15N2.Y/c1-10(2)11-5-4-6-13-12-7-8-16-9-14(12)17(3)15(11)13;/h4-10H,3H2,1-2H3;/q-1;. The molecule has 0 bridgehead atoms. The van der Waals surface area contributed by atoms with Gasteiger partial charge in [0.1, 0.15) is 0 Å². The van der Waals surface area contributed by atoms with Crippen LogP contribution in [0.15, 0.2) is 36.7 Å². The first-order valence-corrected chi connectivity index (χ1v) is 5.88. The van der Waals surface area contributed by atoms with Gasteiger partial charge in [-0.2, -0.15) is 0 Å². The van der Waals surface area contributed by atoms with Gasteiger partial charge in [0.15, 0.2) is 0 Å². The van der Waals surface area contributed by atoms with E-state index in [2.05, 4.69) is 50.1 Å². The summed E-state index contributed by atoms with van der Waals surface area (Å²) in [7, 11) is 4.16. The summed E-state index contributed by atoms with van der Waals surface area (Å²) in [4.78, 5) is 4.18. The van der Waals surface area contributed by atoms with Gasteiger partial charge < -0.3 is 4.57 Å². The normalized spacial score (nSPS) is 11.1. The molecular formula is C15H15N2Y-. The van der Waals surface area contributed by atoms with Crippen molar-refractivity contribution in [1.29, 1.82) is 0 Å². The first-order chi connectivity index (χ1) is 8.20. The maximum Gasteiger partial charge on any atom is 0.0251 e. The Balaban J connectivity index is 0.00000120. The molecule has 18 heavy (non-hydrogen) atoms. The first-order valence-electron chi connectivity index (χ1n) is 5.88. The molecule has 0 saturated carbocycles. The predicted molar refractivity (Wildman–Crippen MR) is 72.1 cm³/mol. The topological polar surface area (TPSA) is 17.8 Å². The SMILES string of the molecule is [CH2-]n1c2cnccc2c2cccc(C(C)C)c21.[Y]. The van der Waals surface area contributed by atoms with E-state index in [9.17, 15) is 0 Å². The molecule has 89 valence electrons. The molecule has 2 aromatic heterocycles. The van der Waals surface area contributed by atoms with E-state index in [0.29, 0.717) is 5.92 Å². The van der Waals surface area contributed by atoms with Gasteiger partial charge in [0.05, 0.1) is 0 Å². The van der Waals surface area contributed by atoms with Crippen LogP contribution in [-0.4, -0.2) is 9.55 Å². The van der Waals surface area contributed by atoms with Crippen molar-refractivity contribution < 1.29 is 32.7 Å². The van der Waals surface area contributed by atoms with Crippen LogP contribution in [0.25, 0.3) is 21.8 Å². The van der Waals surface area contributed by atoms with Crippen molar-refractivity contribution in [2.75, 3.05) is 0 Å². The number of para-hydroxylation sites is 1. The van der Waals surface area contributed by atoms with Gasteiger partial charge in [-0.1, -0.05) is 53.9 Å². The van der Waals surface area contributed by atoms with Gasteiger partial charge in [0, 0.05) is 38.9 Å². The van der Waals surface area contributed by atoms with E-state index in [-0.39, 0.29) is 32.7 Å². The minimum atomic E-state index is 0. The zero-order valence-corrected chi connectivity index (χ0v) is 13.6. The van der Waals surface area contributed by atoms with E-state index in [1.54, 1.807) is 0 Å². The average Bonchev–Trinajstić information content (AvgIpc) is 2.64. The maximum absolute atomic E-state index is 4.18. The third-order valence-corrected chi connectivity index (χ3v) is 3.34. The molecule has 0 amide bonds. The molecule has 0 saturated heterocycles. The molecule has 2 heterocycles. The Morgan fingerprint density at radius 1 is 1.17 bits per heavy atom. The Morgan fingerprint density at radius 3 is 2.67 bits per heavy atom. The quantitative estimate of drug-likeness (QED) is 0.622. The van der Waals surface area contributed by atoms with Gasteiger partial charge in [-0.3, -0.25) is 4.98 Å². The molecule has 0 aliphatic heterocycles. The first kappa shape index (κ1) is 13.6. The van der Waals surface area contributed by atoms with Crippen molar-refractivity contribution >= 4 is 21.8 Å². The Bertz CT molecular complexity index is 698. The molecule has 0 atom stereocenters. The maximum atomic E-state index is 4.18. The monoisotopic (exact) mass is 312 g/mol. The largest absolute Gasteiger partial charge is 0.479 e. The fourth-order valence-corrected chi connectivity index (χ4v) is 2.50.